The molecule has 0 saturated carbocycles. The molecule has 116 valence electrons. The number of hydrogen-bond acceptors (Lipinski definition) is 5. The van der Waals surface area contributed by atoms with Gasteiger partial charge in [-0.25, -0.2) is 0 Å². The lowest BCUT2D eigenvalue weighted by Crippen LogP contribution is -2.34. The van der Waals surface area contributed by atoms with Crippen molar-refractivity contribution in [3.8, 4) is 0 Å². The highest BCUT2D eigenvalue weighted by Crippen LogP contribution is 2.42. The van der Waals surface area contributed by atoms with E-state index in [2.05, 4.69) is 0 Å². The van der Waals surface area contributed by atoms with Crippen LogP contribution in [0, 0.1) is 0 Å². The fourth-order valence-corrected chi connectivity index (χ4v) is 3.01. The topological polar surface area (TPSA) is 57.2 Å². The summed E-state index contributed by atoms with van der Waals surface area (Å²) in [5.41, 5.74) is 0.716. The third kappa shape index (κ3) is 2.82. The summed E-state index contributed by atoms with van der Waals surface area (Å²) in [5, 5.41) is 11.2. The van der Waals surface area contributed by atoms with Gasteiger partial charge in [0.15, 0.2) is 12.1 Å². The minimum absolute atomic E-state index is 0.350. The molecule has 5 nitrogen and oxygen atoms in total. The number of halogens is 1. The summed E-state index contributed by atoms with van der Waals surface area (Å²) < 4.78 is 22.7. The molecular formula is C15H19ClO5. The van der Waals surface area contributed by atoms with Crippen molar-refractivity contribution in [1.29, 1.82) is 0 Å². The minimum Gasteiger partial charge on any atom is -0.386 e. The normalized spacial score (nSPS) is 35.7. The fraction of sp³-hybridized carbons (Fsp3) is 0.600. The quantitative estimate of drug-likeness (QED) is 0.927. The second kappa shape index (κ2) is 5.50. The zero-order chi connectivity index (χ0) is 15.2. The van der Waals surface area contributed by atoms with E-state index in [0.717, 1.165) is 0 Å². The number of rotatable bonds is 3. The molecule has 3 rings (SSSR count). The van der Waals surface area contributed by atoms with Crippen molar-refractivity contribution in [3.05, 3.63) is 34.9 Å². The molecule has 5 atom stereocenters. The molecule has 1 N–H and O–H groups in total. The molecule has 6 heteroatoms. The van der Waals surface area contributed by atoms with E-state index in [-0.39, 0.29) is 12.2 Å². The van der Waals surface area contributed by atoms with Crippen LogP contribution in [-0.2, 0) is 18.9 Å². The van der Waals surface area contributed by atoms with Crippen LogP contribution in [0.3, 0.4) is 0 Å². The zero-order valence-electron chi connectivity index (χ0n) is 12.2. The summed E-state index contributed by atoms with van der Waals surface area (Å²) >= 11 is 5.87. The third-order valence-electron chi connectivity index (χ3n) is 3.80. The Morgan fingerprint density at radius 3 is 2.43 bits per heavy atom. The molecule has 2 heterocycles. The molecule has 0 radical (unpaired) electrons. The van der Waals surface area contributed by atoms with Crippen LogP contribution in [0.2, 0.25) is 5.02 Å². The molecule has 1 unspecified atom stereocenters. The first kappa shape index (κ1) is 15.2. The van der Waals surface area contributed by atoms with E-state index in [0.29, 0.717) is 10.6 Å². The van der Waals surface area contributed by atoms with Crippen molar-refractivity contribution < 1.29 is 24.1 Å². The first-order chi connectivity index (χ1) is 9.91. The van der Waals surface area contributed by atoms with Crippen LogP contribution in [0.4, 0.5) is 0 Å². The lowest BCUT2D eigenvalue weighted by molar-refractivity contribution is -0.237. The van der Waals surface area contributed by atoms with Crippen LogP contribution in [0.1, 0.15) is 25.5 Å². The molecule has 21 heavy (non-hydrogen) atoms. The van der Waals surface area contributed by atoms with Gasteiger partial charge in [-0.1, -0.05) is 23.7 Å². The van der Waals surface area contributed by atoms with Gasteiger partial charge in [-0.15, -0.1) is 0 Å². The maximum atomic E-state index is 10.6. The Hall–Kier alpha value is -0.690. The van der Waals surface area contributed by atoms with Crippen LogP contribution in [0.25, 0.3) is 0 Å². The molecule has 1 aromatic carbocycles. The zero-order valence-corrected chi connectivity index (χ0v) is 12.9. The maximum Gasteiger partial charge on any atom is 0.186 e. The molecule has 0 amide bonds. The van der Waals surface area contributed by atoms with Crippen molar-refractivity contribution in [3.63, 3.8) is 0 Å². The molecule has 0 aliphatic carbocycles. The van der Waals surface area contributed by atoms with Gasteiger partial charge in [0.1, 0.15) is 24.4 Å². The van der Waals surface area contributed by atoms with Gasteiger partial charge in [0.25, 0.3) is 0 Å². The molecule has 2 fully saturated rings. The Labute approximate surface area is 128 Å². The van der Waals surface area contributed by atoms with E-state index in [1.165, 1.54) is 0 Å². The SMILES string of the molecule is COC1O[C@H]([C@@H](O)c2ccc(Cl)cc2)[C@H]2OC(C)(C)O[C@@H]12. The van der Waals surface area contributed by atoms with Gasteiger partial charge in [0.2, 0.25) is 0 Å². The number of benzene rings is 1. The summed E-state index contributed by atoms with van der Waals surface area (Å²) in [6, 6.07) is 7.01. The Kier molecular flexibility index (Phi) is 3.98. The van der Waals surface area contributed by atoms with E-state index >= 15 is 0 Å². The van der Waals surface area contributed by atoms with E-state index in [4.69, 9.17) is 30.5 Å². The average molecular weight is 315 g/mol. The summed E-state index contributed by atoms with van der Waals surface area (Å²) in [5.74, 6) is -0.714. The second-order valence-corrected chi connectivity index (χ2v) is 6.20. The summed E-state index contributed by atoms with van der Waals surface area (Å²) in [7, 11) is 1.55. The molecule has 2 aliphatic rings. The monoisotopic (exact) mass is 314 g/mol. The highest BCUT2D eigenvalue weighted by atomic mass is 35.5. The number of aliphatic hydroxyl groups excluding tert-OH is 1. The lowest BCUT2D eigenvalue weighted by Gasteiger charge is -2.26. The minimum atomic E-state index is -0.840. The van der Waals surface area contributed by atoms with Crippen LogP contribution in [0.5, 0.6) is 0 Å². The number of fused-ring (bicyclic) bond motifs is 1. The molecular weight excluding hydrogens is 296 g/mol. The Morgan fingerprint density at radius 1 is 1.19 bits per heavy atom. The van der Waals surface area contributed by atoms with Crippen LogP contribution < -0.4 is 0 Å². The van der Waals surface area contributed by atoms with E-state index in [9.17, 15) is 5.11 Å². The number of hydrogen-bond donors (Lipinski definition) is 1. The van der Waals surface area contributed by atoms with Gasteiger partial charge in [-0.3, -0.25) is 0 Å². The Morgan fingerprint density at radius 2 is 1.81 bits per heavy atom. The molecule has 0 aromatic heterocycles. The smallest absolute Gasteiger partial charge is 0.186 e. The highest BCUT2D eigenvalue weighted by Gasteiger charge is 2.57. The van der Waals surface area contributed by atoms with Gasteiger partial charge in [0.05, 0.1) is 0 Å². The van der Waals surface area contributed by atoms with Crippen molar-refractivity contribution in [2.45, 2.75) is 50.3 Å². The Bertz CT molecular complexity index is 503. The largest absolute Gasteiger partial charge is 0.386 e. The van der Waals surface area contributed by atoms with Crippen LogP contribution in [0.15, 0.2) is 24.3 Å². The summed E-state index contributed by atoms with van der Waals surface area (Å²) in [4.78, 5) is 0. The van der Waals surface area contributed by atoms with Gasteiger partial charge < -0.3 is 24.1 Å². The first-order valence-corrected chi connectivity index (χ1v) is 7.26. The average Bonchev–Trinajstić information content (AvgIpc) is 2.91. The van der Waals surface area contributed by atoms with Crippen molar-refractivity contribution in [1.82, 2.24) is 0 Å². The van der Waals surface area contributed by atoms with E-state index < -0.39 is 24.3 Å². The lowest BCUT2D eigenvalue weighted by atomic mass is 9.99. The van der Waals surface area contributed by atoms with E-state index in [1.54, 1.807) is 31.4 Å². The summed E-state index contributed by atoms with van der Waals surface area (Å²) in [6.07, 6.45) is -2.67. The maximum absolute atomic E-state index is 10.6. The van der Waals surface area contributed by atoms with Crippen LogP contribution >= 0.6 is 11.6 Å². The number of methoxy groups -OCH3 is 1. The van der Waals surface area contributed by atoms with Gasteiger partial charge >= 0.3 is 0 Å². The van der Waals surface area contributed by atoms with Gasteiger partial charge in [-0.2, -0.15) is 0 Å². The van der Waals surface area contributed by atoms with Crippen molar-refractivity contribution >= 4 is 11.6 Å². The summed E-state index contributed by atoms with van der Waals surface area (Å²) in [6.45, 7) is 3.67. The third-order valence-corrected chi connectivity index (χ3v) is 4.05. The van der Waals surface area contributed by atoms with Crippen LogP contribution in [-0.4, -0.2) is 42.6 Å². The van der Waals surface area contributed by atoms with Crippen molar-refractivity contribution in [2.75, 3.05) is 7.11 Å². The number of aliphatic hydroxyl groups is 1. The molecule has 1 aromatic rings. The molecule has 2 aliphatic heterocycles. The van der Waals surface area contributed by atoms with Crippen molar-refractivity contribution in [2.24, 2.45) is 0 Å². The Balaban J connectivity index is 1.83. The molecule has 2 saturated heterocycles. The van der Waals surface area contributed by atoms with Gasteiger partial charge in [0, 0.05) is 12.1 Å². The molecule has 0 bridgehead atoms. The predicted octanol–water partition coefficient (Wildman–Crippen LogP) is 2.26. The standard InChI is InChI=1S/C15H19ClO5/c1-15(2)20-12-11(19-14(18-3)13(12)21-15)10(17)8-4-6-9(16)7-5-8/h4-7,10-14,17H,1-3H3/t10-,11+,12+,13+,14?/m0/s1. The molecule has 0 spiro atoms. The van der Waals surface area contributed by atoms with E-state index in [1.807, 2.05) is 13.8 Å². The first-order valence-electron chi connectivity index (χ1n) is 6.89. The fourth-order valence-electron chi connectivity index (χ4n) is 2.88. The predicted molar refractivity (Wildman–Crippen MR) is 75.9 cm³/mol. The highest BCUT2D eigenvalue weighted by molar-refractivity contribution is 6.30. The van der Waals surface area contributed by atoms with Gasteiger partial charge in [-0.05, 0) is 31.5 Å². The number of ether oxygens (including phenoxy) is 4. The second-order valence-electron chi connectivity index (χ2n) is 5.77.